The van der Waals surface area contributed by atoms with Crippen LogP contribution >= 0.6 is 0 Å². The van der Waals surface area contributed by atoms with Crippen molar-refractivity contribution < 1.29 is 19.1 Å². The summed E-state index contributed by atoms with van der Waals surface area (Å²) in [7, 11) is 0. The van der Waals surface area contributed by atoms with Crippen LogP contribution in [0.25, 0.3) is 0 Å². The SMILES string of the molecule is CC(C)(C)c1cnc(CNC(=O)C2CCCC(C(=O)O)C2)o1. The number of nitrogens with one attached hydrogen (secondary N) is 1. The highest BCUT2D eigenvalue weighted by atomic mass is 16.4. The van der Waals surface area contributed by atoms with Crippen LogP contribution in [-0.4, -0.2) is 22.0 Å². The number of aromatic nitrogens is 1. The molecule has 6 heteroatoms. The highest BCUT2D eigenvalue weighted by molar-refractivity contribution is 5.80. The lowest BCUT2D eigenvalue weighted by Crippen LogP contribution is -2.35. The number of rotatable bonds is 4. The van der Waals surface area contributed by atoms with Gasteiger partial charge in [-0.1, -0.05) is 27.2 Å². The molecular formula is C16H24N2O4. The van der Waals surface area contributed by atoms with E-state index >= 15 is 0 Å². The topological polar surface area (TPSA) is 92.4 Å². The molecule has 0 saturated heterocycles. The number of carbonyl (C=O) groups is 2. The summed E-state index contributed by atoms with van der Waals surface area (Å²) in [6.45, 7) is 6.33. The number of hydrogen-bond acceptors (Lipinski definition) is 4. The maximum Gasteiger partial charge on any atom is 0.306 e. The fraction of sp³-hybridized carbons (Fsp3) is 0.688. The van der Waals surface area contributed by atoms with Gasteiger partial charge < -0.3 is 14.8 Å². The average Bonchev–Trinajstić information content (AvgIpc) is 2.94. The van der Waals surface area contributed by atoms with Crippen LogP contribution in [0.2, 0.25) is 0 Å². The zero-order valence-electron chi connectivity index (χ0n) is 13.4. The second-order valence-corrected chi connectivity index (χ2v) is 6.98. The largest absolute Gasteiger partial charge is 0.481 e. The highest BCUT2D eigenvalue weighted by Crippen LogP contribution is 2.29. The van der Waals surface area contributed by atoms with Gasteiger partial charge >= 0.3 is 5.97 Å². The molecule has 22 heavy (non-hydrogen) atoms. The van der Waals surface area contributed by atoms with Crippen molar-refractivity contribution in [3.8, 4) is 0 Å². The van der Waals surface area contributed by atoms with Gasteiger partial charge in [-0.25, -0.2) is 4.98 Å². The molecule has 1 fully saturated rings. The second kappa shape index (κ2) is 6.50. The Labute approximate surface area is 130 Å². The zero-order valence-corrected chi connectivity index (χ0v) is 13.4. The molecule has 1 aliphatic rings. The molecule has 1 aromatic heterocycles. The number of carboxylic acid groups (broad SMARTS) is 1. The van der Waals surface area contributed by atoms with E-state index in [9.17, 15) is 9.59 Å². The predicted octanol–water partition coefficient (Wildman–Crippen LogP) is 2.48. The molecule has 1 aromatic rings. The molecule has 2 N–H and O–H groups in total. The Morgan fingerprint density at radius 2 is 2.05 bits per heavy atom. The summed E-state index contributed by atoms with van der Waals surface area (Å²) >= 11 is 0. The molecule has 6 nitrogen and oxygen atoms in total. The van der Waals surface area contributed by atoms with E-state index in [0.717, 1.165) is 18.6 Å². The van der Waals surface area contributed by atoms with Gasteiger partial charge in [-0.15, -0.1) is 0 Å². The van der Waals surface area contributed by atoms with Crippen LogP contribution in [0.3, 0.4) is 0 Å². The van der Waals surface area contributed by atoms with Gasteiger partial charge in [-0.3, -0.25) is 9.59 Å². The summed E-state index contributed by atoms with van der Waals surface area (Å²) in [5.41, 5.74) is -0.118. The Hall–Kier alpha value is -1.85. The van der Waals surface area contributed by atoms with E-state index in [1.807, 2.05) is 20.8 Å². The molecule has 122 valence electrons. The lowest BCUT2D eigenvalue weighted by atomic mass is 9.81. The van der Waals surface area contributed by atoms with Crippen LogP contribution < -0.4 is 5.32 Å². The van der Waals surface area contributed by atoms with Crippen molar-refractivity contribution in [3.05, 3.63) is 17.8 Å². The molecular weight excluding hydrogens is 284 g/mol. The fourth-order valence-electron chi connectivity index (χ4n) is 2.70. The number of oxazole rings is 1. The molecule has 1 saturated carbocycles. The number of aliphatic carboxylic acids is 1. The van der Waals surface area contributed by atoms with Crippen molar-refractivity contribution in [2.24, 2.45) is 11.8 Å². The molecule has 0 bridgehead atoms. The zero-order chi connectivity index (χ0) is 16.3. The Bertz CT molecular complexity index is 545. The smallest absolute Gasteiger partial charge is 0.306 e. The Morgan fingerprint density at radius 1 is 1.36 bits per heavy atom. The van der Waals surface area contributed by atoms with Gasteiger partial charge in [0.2, 0.25) is 11.8 Å². The number of carbonyl (C=O) groups excluding carboxylic acids is 1. The first kappa shape index (κ1) is 16.5. The highest BCUT2D eigenvalue weighted by Gasteiger charge is 2.31. The molecule has 2 rings (SSSR count). The fourth-order valence-corrected chi connectivity index (χ4v) is 2.70. The molecule has 0 aliphatic heterocycles. The number of carboxylic acids is 1. The van der Waals surface area contributed by atoms with Crippen molar-refractivity contribution in [2.45, 2.75) is 58.4 Å². The first-order valence-corrected chi connectivity index (χ1v) is 7.73. The van der Waals surface area contributed by atoms with Crippen molar-refractivity contribution in [3.63, 3.8) is 0 Å². The summed E-state index contributed by atoms with van der Waals surface area (Å²) in [5.74, 6) is -0.295. The van der Waals surface area contributed by atoms with Crippen LogP contribution in [0, 0.1) is 11.8 Å². The maximum atomic E-state index is 12.2. The molecule has 2 atom stereocenters. The molecule has 1 aliphatic carbocycles. The molecule has 0 aromatic carbocycles. The van der Waals surface area contributed by atoms with Gasteiger partial charge in [0, 0.05) is 11.3 Å². The molecule has 1 amide bonds. The maximum absolute atomic E-state index is 12.2. The first-order chi connectivity index (χ1) is 10.3. The monoisotopic (exact) mass is 308 g/mol. The number of hydrogen-bond donors (Lipinski definition) is 2. The van der Waals surface area contributed by atoms with Crippen molar-refractivity contribution >= 4 is 11.9 Å². The van der Waals surface area contributed by atoms with Gasteiger partial charge in [0.15, 0.2) is 0 Å². The third-order valence-corrected chi connectivity index (χ3v) is 4.10. The molecule has 0 spiro atoms. The van der Waals surface area contributed by atoms with Crippen LogP contribution in [0.1, 0.15) is 58.1 Å². The lowest BCUT2D eigenvalue weighted by Gasteiger charge is -2.25. The Kier molecular flexibility index (Phi) is 4.88. The predicted molar refractivity (Wildman–Crippen MR) is 80.1 cm³/mol. The summed E-state index contributed by atoms with van der Waals surface area (Å²) in [6, 6.07) is 0. The normalized spacial score (nSPS) is 22.3. The van der Waals surface area contributed by atoms with Gasteiger partial charge in [0.25, 0.3) is 0 Å². The van der Waals surface area contributed by atoms with E-state index < -0.39 is 11.9 Å². The van der Waals surface area contributed by atoms with Crippen molar-refractivity contribution in [2.75, 3.05) is 0 Å². The van der Waals surface area contributed by atoms with Crippen molar-refractivity contribution in [1.82, 2.24) is 10.3 Å². The third kappa shape index (κ3) is 4.08. The molecule has 1 heterocycles. The van der Waals surface area contributed by atoms with E-state index in [2.05, 4.69) is 10.3 Å². The van der Waals surface area contributed by atoms with Crippen LogP contribution in [0.15, 0.2) is 10.6 Å². The van der Waals surface area contributed by atoms with Crippen LogP contribution in [0.5, 0.6) is 0 Å². The van der Waals surface area contributed by atoms with Gasteiger partial charge in [-0.2, -0.15) is 0 Å². The van der Waals surface area contributed by atoms with E-state index in [4.69, 9.17) is 9.52 Å². The van der Waals surface area contributed by atoms with Gasteiger partial charge in [0.05, 0.1) is 18.7 Å². The molecule has 2 unspecified atom stereocenters. The number of nitrogens with zero attached hydrogens (tertiary/aromatic N) is 1. The van der Waals surface area contributed by atoms with Crippen LogP contribution in [-0.2, 0) is 21.5 Å². The lowest BCUT2D eigenvalue weighted by molar-refractivity contribution is -0.144. The molecule has 0 radical (unpaired) electrons. The second-order valence-electron chi connectivity index (χ2n) is 6.98. The first-order valence-electron chi connectivity index (χ1n) is 7.73. The van der Waals surface area contributed by atoms with Crippen LogP contribution in [0.4, 0.5) is 0 Å². The van der Waals surface area contributed by atoms with Crippen molar-refractivity contribution in [1.29, 1.82) is 0 Å². The Balaban J connectivity index is 1.87. The average molecular weight is 308 g/mol. The standard InChI is InChI=1S/C16H24N2O4/c1-16(2,3)12-8-17-13(22-12)9-18-14(19)10-5-4-6-11(7-10)15(20)21/h8,10-11H,4-7,9H2,1-3H3,(H,18,19)(H,20,21). The summed E-state index contributed by atoms with van der Waals surface area (Å²) < 4.78 is 5.63. The minimum absolute atomic E-state index is 0.110. The van der Waals surface area contributed by atoms with E-state index in [-0.39, 0.29) is 23.8 Å². The van der Waals surface area contributed by atoms with E-state index in [1.165, 1.54) is 0 Å². The van der Waals surface area contributed by atoms with Gasteiger partial charge in [-0.05, 0) is 19.3 Å². The summed E-state index contributed by atoms with van der Waals surface area (Å²) in [4.78, 5) is 27.4. The Morgan fingerprint density at radius 3 is 2.64 bits per heavy atom. The van der Waals surface area contributed by atoms with Gasteiger partial charge in [0.1, 0.15) is 5.76 Å². The third-order valence-electron chi connectivity index (χ3n) is 4.10. The van der Waals surface area contributed by atoms with E-state index in [0.29, 0.717) is 18.7 Å². The number of amides is 1. The quantitative estimate of drug-likeness (QED) is 0.891. The summed E-state index contributed by atoms with van der Waals surface area (Å²) in [5, 5.41) is 11.9. The van der Waals surface area contributed by atoms with E-state index in [1.54, 1.807) is 6.20 Å². The minimum Gasteiger partial charge on any atom is -0.481 e. The minimum atomic E-state index is -0.806. The summed E-state index contributed by atoms with van der Waals surface area (Å²) in [6.07, 6.45) is 4.28.